The summed E-state index contributed by atoms with van der Waals surface area (Å²) in [4.78, 5) is 25.1. The number of amides is 1. The van der Waals surface area contributed by atoms with E-state index in [0.29, 0.717) is 36.2 Å². The monoisotopic (exact) mass is 389 g/mol. The number of thiophene rings is 1. The largest absolute Gasteiger partial charge is 0.490 e. The Labute approximate surface area is 159 Å². The molecule has 0 atom stereocenters. The summed E-state index contributed by atoms with van der Waals surface area (Å²) >= 11 is 1.40. The van der Waals surface area contributed by atoms with E-state index in [1.807, 2.05) is 25.3 Å². The number of aromatic nitrogens is 2. The van der Waals surface area contributed by atoms with Gasteiger partial charge in [-0.05, 0) is 37.4 Å². The maximum Gasteiger partial charge on any atom is 0.442 e. The van der Waals surface area contributed by atoms with Gasteiger partial charge in [-0.25, -0.2) is 9.36 Å². The van der Waals surface area contributed by atoms with Crippen molar-refractivity contribution in [3.05, 3.63) is 46.3 Å². The number of carbonyl (C=O) groups excluding carboxylic acids is 1. The number of benzene rings is 1. The van der Waals surface area contributed by atoms with Gasteiger partial charge in [-0.3, -0.25) is 9.32 Å². The fraction of sp³-hybridized carbons (Fsp3) is 0.278. The third kappa shape index (κ3) is 4.37. The van der Waals surface area contributed by atoms with E-state index in [9.17, 15) is 9.59 Å². The first-order chi connectivity index (χ1) is 13.1. The fourth-order valence-corrected chi connectivity index (χ4v) is 3.18. The van der Waals surface area contributed by atoms with Gasteiger partial charge in [0.15, 0.2) is 17.3 Å². The third-order valence-corrected chi connectivity index (χ3v) is 4.42. The number of ether oxygens (including phenoxy) is 2. The van der Waals surface area contributed by atoms with Crippen LogP contribution in [0.25, 0.3) is 10.7 Å². The van der Waals surface area contributed by atoms with E-state index in [1.165, 1.54) is 15.9 Å². The maximum atomic E-state index is 12.4. The summed E-state index contributed by atoms with van der Waals surface area (Å²) in [6.07, 6.45) is 0. The zero-order chi connectivity index (χ0) is 19.2. The molecule has 2 heterocycles. The highest BCUT2D eigenvalue weighted by Gasteiger charge is 2.17. The molecule has 0 fully saturated rings. The number of rotatable bonds is 8. The molecule has 27 heavy (non-hydrogen) atoms. The Balaban J connectivity index is 1.76. The van der Waals surface area contributed by atoms with Crippen molar-refractivity contribution in [2.75, 3.05) is 18.5 Å². The van der Waals surface area contributed by atoms with Gasteiger partial charge in [-0.15, -0.1) is 11.3 Å². The standard InChI is InChI=1S/C18H19N3O5S/c1-3-24-13-8-7-12(10-14(13)25-4-2)19-16(22)11-21-17(20-26-18(21)23)15-6-5-9-27-15/h5-10H,3-4,11H2,1-2H3,(H,19,22). The number of nitrogens with zero attached hydrogens (tertiary/aromatic N) is 2. The van der Waals surface area contributed by atoms with Crippen molar-refractivity contribution < 1.29 is 18.8 Å². The molecule has 1 N–H and O–H groups in total. The van der Waals surface area contributed by atoms with E-state index in [0.717, 1.165) is 4.88 Å². The molecule has 3 rings (SSSR count). The predicted octanol–water partition coefficient (Wildman–Crippen LogP) is 3.00. The van der Waals surface area contributed by atoms with Crippen LogP contribution in [0.3, 0.4) is 0 Å². The molecule has 0 bridgehead atoms. The SMILES string of the molecule is CCOc1ccc(NC(=O)Cn2c(-c3cccs3)noc2=O)cc1OCC. The Morgan fingerprint density at radius 2 is 2.00 bits per heavy atom. The van der Waals surface area contributed by atoms with Gasteiger partial charge >= 0.3 is 5.76 Å². The maximum absolute atomic E-state index is 12.4. The van der Waals surface area contributed by atoms with E-state index in [2.05, 4.69) is 10.5 Å². The smallest absolute Gasteiger partial charge is 0.442 e. The second kappa shape index (κ2) is 8.54. The van der Waals surface area contributed by atoms with Crippen molar-refractivity contribution in [1.29, 1.82) is 0 Å². The summed E-state index contributed by atoms with van der Waals surface area (Å²) in [5.74, 6) is 0.401. The van der Waals surface area contributed by atoms with Crippen LogP contribution in [0, 0.1) is 0 Å². The predicted molar refractivity (Wildman–Crippen MR) is 101 cm³/mol. The van der Waals surface area contributed by atoms with Crippen molar-refractivity contribution in [3.63, 3.8) is 0 Å². The molecule has 0 unspecified atom stereocenters. The number of anilines is 1. The highest BCUT2D eigenvalue weighted by molar-refractivity contribution is 7.13. The molecular weight excluding hydrogens is 370 g/mol. The summed E-state index contributed by atoms with van der Waals surface area (Å²) in [5.41, 5.74) is 0.536. The Morgan fingerprint density at radius 1 is 1.22 bits per heavy atom. The molecular formula is C18H19N3O5S. The molecule has 1 aromatic carbocycles. The lowest BCUT2D eigenvalue weighted by atomic mass is 10.2. The molecule has 1 amide bonds. The van der Waals surface area contributed by atoms with Crippen LogP contribution in [-0.4, -0.2) is 28.8 Å². The molecule has 0 spiro atoms. The normalized spacial score (nSPS) is 10.6. The Hall–Kier alpha value is -3.07. The molecule has 0 aliphatic rings. The van der Waals surface area contributed by atoms with Gasteiger partial charge in [0.05, 0.1) is 18.1 Å². The first kappa shape index (κ1) is 18.7. The Kier molecular flexibility index (Phi) is 5.92. The van der Waals surface area contributed by atoms with Crippen molar-refractivity contribution in [2.24, 2.45) is 0 Å². The molecule has 0 aliphatic heterocycles. The van der Waals surface area contributed by atoms with Crippen molar-refractivity contribution >= 4 is 22.9 Å². The lowest BCUT2D eigenvalue weighted by molar-refractivity contribution is -0.116. The van der Waals surface area contributed by atoms with Crippen LogP contribution in [0.15, 0.2) is 45.0 Å². The molecule has 3 aromatic rings. The molecule has 0 radical (unpaired) electrons. The molecule has 142 valence electrons. The van der Waals surface area contributed by atoms with Gasteiger partial charge in [-0.2, -0.15) is 0 Å². The van der Waals surface area contributed by atoms with Crippen molar-refractivity contribution in [2.45, 2.75) is 20.4 Å². The lowest BCUT2D eigenvalue weighted by Gasteiger charge is -2.13. The lowest BCUT2D eigenvalue weighted by Crippen LogP contribution is -2.25. The molecule has 9 heteroatoms. The minimum atomic E-state index is -0.685. The summed E-state index contributed by atoms with van der Waals surface area (Å²) in [6, 6.07) is 8.76. The van der Waals surface area contributed by atoms with E-state index < -0.39 is 5.76 Å². The third-order valence-electron chi connectivity index (χ3n) is 3.56. The first-order valence-electron chi connectivity index (χ1n) is 8.42. The summed E-state index contributed by atoms with van der Waals surface area (Å²) < 4.78 is 17.0. The van der Waals surface area contributed by atoms with Crippen molar-refractivity contribution in [3.8, 4) is 22.2 Å². The Morgan fingerprint density at radius 3 is 2.70 bits per heavy atom. The molecule has 0 saturated heterocycles. The Bertz CT molecular complexity index is 962. The van der Waals surface area contributed by atoms with Gasteiger partial charge < -0.3 is 14.8 Å². The average Bonchev–Trinajstić information content (AvgIpc) is 3.28. The van der Waals surface area contributed by atoms with E-state index in [4.69, 9.17) is 14.0 Å². The highest BCUT2D eigenvalue weighted by atomic mass is 32.1. The van der Waals surface area contributed by atoms with Crippen LogP contribution in [0.1, 0.15) is 13.8 Å². The van der Waals surface area contributed by atoms with Crippen LogP contribution >= 0.6 is 11.3 Å². The number of hydrogen-bond acceptors (Lipinski definition) is 7. The van der Waals surface area contributed by atoms with E-state index in [1.54, 1.807) is 24.3 Å². The van der Waals surface area contributed by atoms with Crippen LogP contribution in [0.5, 0.6) is 11.5 Å². The minimum absolute atomic E-state index is 0.216. The molecule has 0 aliphatic carbocycles. The zero-order valence-corrected chi connectivity index (χ0v) is 15.7. The highest BCUT2D eigenvalue weighted by Crippen LogP contribution is 2.30. The molecule has 8 nitrogen and oxygen atoms in total. The van der Waals surface area contributed by atoms with E-state index >= 15 is 0 Å². The first-order valence-corrected chi connectivity index (χ1v) is 9.30. The van der Waals surface area contributed by atoms with Crippen LogP contribution in [0.4, 0.5) is 5.69 Å². The van der Waals surface area contributed by atoms with Gasteiger partial charge in [0.25, 0.3) is 0 Å². The van der Waals surface area contributed by atoms with Gasteiger partial charge in [0.1, 0.15) is 6.54 Å². The minimum Gasteiger partial charge on any atom is -0.490 e. The number of nitrogens with one attached hydrogen (secondary N) is 1. The second-order valence-electron chi connectivity index (χ2n) is 5.41. The molecule has 2 aromatic heterocycles. The van der Waals surface area contributed by atoms with E-state index in [-0.39, 0.29) is 12.5 Å². The molecule has 0 saturated carbocycles. The average molecular weight is 389 g/mol. The fourth-order valence-electron chi connectivity index (χ4n) is 2.46. The summed E-state index contributed by atoms with van der Waals surface area (Å²) in [5, 5.41) is 8.36. The number of carbonyl (C=O) groups is 1. The second-order valence-corrected chi connectivity index (χ2v) is 6.36. The quantitative estimate of drug-likeness (QED) is 0.636. The van der Waals surface area contributed by atoms with Crippen molar-refractivity contribution in [1.82, 2.24) is 9.72 Å². The summed E-state index contributed by atoms with van der Waals surface area (Å²) in [7, 11) is 0. The van der Waals surface area contributed by atoms with Gasteiger partial charge in [0, 0.05) is 11.8 Å². The summed E-state index contributed by atoms with van der Waals surface area (Å²) in [6.45, 7) is 4.51. The zero-order valence-electron chi connectivity index (χ0n) is 14.9. The topological polar surface area (TPSA) is 95.6 Å². The van der Waals surface area contributed by atoms with Crippen LogP contribution in [-0.2, 0) is 11.3 Å². The number of hydrogen-bond donors (Lipinski definition) is 1. The van der Waals surface area contributed by atoms with Gasteiger partial charge in [0.2, 0.25) is 5.91 Å². The van der Waals surface area contributed by atoms with Crippen LogP contribution < -0.4 is 20.5 Å². The van der Waals surface area contributed by atoms with Gasteiger partial charge in [-0.1, -0.05) is 11.2 Å². The van der Waals surface area contributed by atoms with Crippen LogP contribution in [0.2, 0.25) is 0 Å².